The Kier molecular flexibility index (Phi) is 7.55. The molecule has 1 aliphatic carbocycles. The second-order valence-corrected chi connectivity index (χ2v) is 11.7. The molecule has 1 aliphatic rings. The highest BCUT2D eigenvalue weighted by Gasteiger charge is 2.26. The van der Waals surface area contributed by atoms with Crippen molar-refractivity contribution >= 4 is 23.1 Å². The summed E-state index contributed by atoms with van der Waals surface area (Å²) in [6, 6.07) is 8.58. The van der Waals surface area contributed by atoms with Gasteiger partial charge in [0.2, 0.25) is 0 Å². The van der Waals surface area contributed by atoms with E-state index in [0.29, 0.717) is 5.92 Å². The maximum Gasteiger partial charge on any atom is 0.407 e. The van der Waals surface area contributed by atoms with Gasteiger partial charge >= 0.3 is 6.09 Å². The molecule has 0 bridgehead atoms. The number of amides is 1. The van der Waals surface area contributed by atoms with Gasteiger partial charge in [-0.25, -0.2) is 9.78 Å². The van der Waals surface area contributed by atoms with Crippen LogP contribution >= 0.6 is 11.3 Å². The highest BCUT2D eigenvalue weighted by Crippen LogP contribution is 2.29. The zero-order chi connectivity index (χ0) is 25.8. The fourth-order valence-corrected chi connectivity index (χ4v) is 5.74. The van der Waals surface area contributed by atoms with Crippen molar-refractivity contribution in [2.24, 2.45) is 5.92 Å². The van der Waals surface area contributed by atoms with Gasteiger partial charge in [-0.2, -0.15) is 11.3 Å². The first kappa shape index (κ1) is 25.4. The van der Waals surface area contributed by atoms with Crippen LogP contribution in [0.4, 0.5) is 4.79 Å². The standard InChI is InChI=1S/C29H35N5O2S/c1-29(2,3)36-28(35)33-23-10-7-20(8-11-23)17-25-27-31-18-26(34(27)15-14-30-25)24-6-4-5-22(32-24)12-9-21-13-16-37-19-21/h4-6,13-16,18-20,23H,7-12,17H2,1-3H3,(H,33,35). The molecule has 0 aliphatic heterocycles. The Morgan fingerprint density at radius 2 is 1.97 bits per heavy atom. The number of thiophene rings is 1. The molecule has 4 aromatic heterocycles. The molecule has 0 spiro atoms. The van der Waals surface area contributed by atoms with Gasteiger partial charge in [-0.1, -0.05) is 6.07 Å². The SMILES string of the molecule is CC(C)(C)OC(=O)NC1CCC(Cc2nccn3c(-c4cccc(CCc5ccsc5)n4)cnc23)CC1. The molecule has 4 aromatic rings. The molecule has 1 fully saturated rings. The monoisotopic (exact) mass is 517 g/mol. The zero-order valence-corrected chi connectivity index (χ0v) is 22.6. The summed E-state index contributed by atoms with van der Waals surface area (Å²) in [6.07, 6.45) is 12.2. The van der Waals surface area contributed by atoms with Crippen LogP contribution in [0.15, 0.2) is 53.6 Å². The largest absolute Gasteiger partial charge is 0.444 e. The first-order valence-corrected chi connectivity index (χ1v) is 14.1. The Labute approximate surface area is 222 Å². The normalized spacial score (nSPS) is 18.1. The van der Waals surface area contributed by atoms with Gasteiger partial charge in [-0.05, 0) is 106 Å². The van der Waals surface area contributed by atoms with Crippen LogP contribution < -0.4 is 5.32 Å². The number of pyridine rings is 1. The van der Waals surface area contributed by atoms with Crippen LogP contribution in [0.3, 0.4) is 0 Å². The molecule has 1 amide bonds. The Morgan fingerprint density at radius 1 is 1.14 bits per heavy atom. The summed E-state index contributed by atoms with van der Waals surface area (Å²) in [5, 5.41) is 7.35. The lowest BCUT2D eigenvalue weighted by Crippen LogP contribution is -2.41. The van der Waals surface area contributed by atoms with Gasteiger partial charge in [0.05, 0.1) is 23.3 Å². The first-order valence-electron chi connectivity index (χ1n) is 13.1. The Morgan fingerprint density at radius 3 is 2.73 bits per heavy atom. The van der Waals surface area contributed by atoms with E-state index in [-0.39, 0.29) is 12.1 Å². The zero-order valence-electron chi connectivity index (χ0n) is 21.8. The average Bonchev–Trinajstić information content (AvgIpc) is 3.54. The maximum atomic E-state index is 12.1. The van der Waals surface area contributed by atoms with Gasteiger partial charge in [0, 0.05) is 24.1 Å². The number of aromatic nitrogens is 4. The van der Waals surface area contributed by atoms with Crippen LogP contribution in [0.5, 0.6) is 0 Å². The molecule has 194 valence electrons. The number of carbonyl (C=O) groups is 1. The lowest BCUT2D eigenvalue weighted by Gasteiger charge is -2.30. The van der Waals surface area contributed by atoms with Crippen LogP contribution in [0, 0.1) is 5.92 Å². The van der Waals surface area contributed by atoms with Crippen LogP contribution in [0.1, 0.15) is 63.4 Å². The van der Waals surface area contributed by atoms with Crippen LogP contribution in [-0.2, 0) is 24.0 Å². The van der Waals surface area contributed by atoms with Crippen molar-refractivity contribution in [1.29, 1.82) is 0 Å². The number of aryl methyl sites for hydroxylation is 2. The summed E-state index contributed by atoms with van der Waals surface area (Å²) in [5.41, 5.74) is 5.81. The van der Waals surface area contributed by atoms with Crippen LogP contribution in [-0.4, -0.2) is 37.1 Å². The number of ether oxygens (including phenoxy) is 1. The van der Waals surface area contributed by atoms with E-state index in [1.807, 2.05) is 39.4 Å². The molecule has 0 saturated heterocycles. The topological polar surface area (TPSA) is 81.4 Å². The number of alkyl carbamates (subject to hydrolysis) is 1. The van der Waals surface area contributed by atoms with E-state index in [1.54, 1.807) is 11.3 Å². The molecule has 1 saturated carbocycles. The number of hydrogen-bond donors (Lipinski definition) is 1. The Balaban J connectivity index is 1.23. The molecule has 4 heterocycles. The molecule has 5 rings (SSSR count). The number of fused-ring (bicyclic) bond motifs is 1. The van der Waals surface area contributed by atoms with Gasteiger partial charge in [0.25, 0.3) is 0 Å². The number of imidazole rings is 1. The molecule has 7 nitrogen and oxygen atoms in total. The minimum absolute atomic E-state index is 0.172. The summed E-state index contributed by atoms with van der Waals surface area (Å²) in [4.78, 5) is 26.5. The van der Waals surface area contributed by atoms with E-state index in [4.69, 9.17) is 19.7 Å². The van der Waals surface area contributed by atoms with Crippen LogP contribution in [0.2, 0.25) is 0 Å². The van der Waals surface area contributed by atoms with Gasteiger partial charge in [0.1, 0.15) is 5.60 Å². The first-order chi connectivity index (χ1) is 17.8. The number of rotatable bonds is 7. The molecule has 0 aromatic carbocycles. The smallest absolute Gasteiger partial charge is 0.407 e. The van der Waals surface area contributed by atoms with E-state index >= 15 is 0 Å². The van der Waals surface area contributed by atoms with Crippen molar-refractivity contribution in [3.8, 4) is 11.4 Å². The van der Waals surface area contributed by atoms with E-state index in [1.165, 1.54) is 5.56 Å². The predicted octanol–water partition coefficient (Wildman–Crippen LogP) is 6.26. The van der Waals surface area contributed by atoms with E-state index in [2.05, 4.69) is 44.7 Å². The van der Waals surface area contributed by atoms with E-state index in [9.17, 15) is 4.79 Å². The van der Waals surface area contributed by atoms with E-state index < -0.39 is 5.60 Å². The third-order valence-electron chi connectivity index (χ3n) is 6.87. The van der Waals surface area contributed by atoms with Crippen molar-refractivity contribution in [2.45, 2.75) is 77.4 Å². The van der Waals surface area contributed by atoms with Crippen molar-refractivity contribution in [3.05, 3.63) is 70.6 Å². The number of nitrogens with zero attached hydrogens (tertiary/aromatic N) is 4. The molecule has 0 radical (unpaired) electrons. The van der Waals surface area contributed by atoms with Crippen molar-refractivity contribution in [2.75, 3.05) is 0 Å². The van der Waals surface area contributed by atoms with Crippen molar-refractivity contribution < 1.29 is 9.53 Å². The lowest BCUT2D eigenvalue weighted by atomic mass is 9.83. The second-order valence-electron chi connectivity index (χ2n) is 10.9. The minimum atomic E-state index is -0.477. The Bertz CT molecular complexity index is 1330. The molecule has 8 heteroatoms. The van der Waals surface area contributed by atoms with Gasteiger partial charge in [-0.3, -0.25) is 14.4 Å². The quantitative estimate of drug-likeness (QED) is 0.313. The summed E-state index contributed by atoms with van der Waals surface area (Å²) >= 11 is 1.74. The van der Waals surface area contributed by atoms with Crippen LogP contribution in [0.25, 0.3) is 17.0 Å². The highest BCUT2D eigenvalue weighted by molar-refractivity contribution is 7.07. The summed E-state index contributed by atoms with van der Waals surface area (Å²) < 4.78 is 7.53. The molecule has 0 atom stereocenters. The molecule has 37 heavy (non-hydrogen) atoms. The molecular weight excluding hydrogens is 482 g/mol. The molecule has 1 N–H and O–H groups in total. The summed E-state index contributed by atoms with van der Waals surface area (Å²) in [6.45, 7) is 5.66. The van der Waals surface area contributed by atoms with Gasteiger partial charge < -0.3 is 10.1 Å². The third kappa shape index (κ3) is 6.55. The third-order valence-corrected chi connectivity index (χ3v) is 7.60. The molecule has 0 unspecified atom stereocenters. The van der Waals surface area contributed by atoms with E-state index in [0.717, 1.165) is 73.4 Å². The number of nitrogens with one attached hydrogen (secondary N) is 1. The fourth-order valence-electron chi connectivity index (χ4n) is 5.03. The maximum absolute atomic E-state index is 12.1. The summed E-state index contributed by atoms with van der Waals surface area (Å²) in [5.74, 6) is 0.522. The second kappa shape index (κ2) is 11.0. The summed E-state index contributed by atoms with van der Waals surface area (Å²) in [7, 11) is 0. The predicted molar refractivity (Wildman–Crippen MR) is 147 cm³/mol. The Hall–Kier alpha value is -3.26. The molecular formula is C29H35N5O2S. The number of carbonyl (C=O) groups excluding carboxylic acids is 1. The average molecular weight is 518 g/mol. The van der Waals surface area contributed by atoms with Gasteiger partial charge in [0.15, 0.2) is 5.65 Å². The number of hydrogen-bond acceptors (Lipinski definition) is 6. The lowest BCUT2D eigenvalue weighted by molar-refractivity contribution is 0.0487. The van der Waals surface area contributed by atoms with Gasteiger partial charge in [-0.15, -0.1) is 0 Å². The fraction of sp³-hybridized carbons (Fsp3) is 0.448. The highest BCUT2D eigenvalue weighted by atomic mass is 32.1. The minimum Gasteiger partial charge on any atom is -0.444 e. The van der Waals surface area contributed by atoms with Crippen molar-refractivity contribution in [3.63, 3.8) is 0 Å². The van der Waals surface area contributed by atoms with Crippen molar-refractivity contribution in [1.82, 2.24) is 24.7 Å².